The molecule has 12 heteroatoms. The number of aliphatic hydroxyl groups is 1. The van der Waals surface area contributed by atoms with Gasteiger partial charge < -0.3 is 19.9 Å². The number of nitrogens with one attached hydrogen (secondary N) is 1. The summed E-state index contributed by atoms with van der Waals surface area (Å²) in [4.78, 5) is 18.1. The molecular formula is C29H29F3N2O6S. The Morgan fingerprint density at radius 2 is 1.71 bits per heavy atom. The lowest BCUT2D eigenvalue weighted by Gasteiger charge is -2.23. The zero-order valence-electron chi connectivity index (χ0n) is 21.9. The van der Waals surface area contributed by atoms with Crippen LogP contribution in [0.15, 0.2) is 88.8 Å². The quantitative estimate of drug-likeness (QED) is 0.306. The number of rotatable bonds is 12. The van der Waals surface area contributed by atoms with Crippen LogP contribution in [0.5, 0.6) is 5.75 Å². The van der Waals surface area contributed by atoms with Gasteiger partial charge in [0.1, 0.15) is 12.4 Å². The second-order valence-corrected chi connectivity index (χ2v) is 11.5. The van der Waals surface area contributed by atoms with Crippen molar-refractivity contribution in [3.05, 3.63) is 95.6 Å². The average molecular weight is 591 g/mol. The largest absolute Gasteiger partial charge is 0.494 e. The number of hydrogen-bond acceptors (Lipinski definition) is 7. The number of ether oxygens (including phenoxy) is 2. The van der Waals surface area contributed by atoms with Crippen LogP contribution in [0, 0.1) is 0 Å². The van der Waals surface area contributed by atoms with Gasteiger partial charge in [-0.25, -0.2) is 13.4 Å². The maximum absolute atomic E-state index is 13.5. The van der Waals surface area contributed by atoms with E-state index in [2.05, 4.69) is 10.3 Å². The summed E-state index contributed by atoms with van der Waals surface area (Å²) in [6, 6.07) is 19.2. The van der Waals surface area contributed by atoms with Gasteiger partial charge in [-0.1, -0.05) is 36.4 Å². The van der Waals surface area contributed by atoms with E-state index < -0.39 is 45.3 Å². The highest BCUT2D eigenvalue weighted by Crippen LogP contribution is 2.33. The predicted molar refractivity (Wildman–Crippen MR) is 145 cm³/mol. The van der Waals surface area contributed by atoms with Gasteiger partial charge in [0.25, 0.3) is 5.91 Å². The number of nitrogens with zero attached hydrogens (tertiary/aromatic N) is 1. The fraction of sp³-hybridized carbons (Fsp3) is 0.310. The van der Waals surface area contributed by atoms with Gasteiger partial charge >= 0.3 is 6.18 Å². The Balaban J connectivity index is 1.58. The molecule has 4 rings (SSSR count). The molecule has 0 spiro atoms. The number of aliphatic hydroxyl groups excluding tert-OH is 1. The number of carbonyl (C=O) groups is 1. The van der Waals surface area contributed by atoms with Gasteiger partial charge in [0.15, 0.2) is 15.4 Å². The van der Waals surface area contributed by atoms with Gasteiger partial charge in [0.05, 0.1) is 22.8 Å². The minimum absolute atomic E-state index is 0.00530. The van der Waals surface area contributed by atoms with Gasteiger partial charge in [-0.15, -0.1) is 0 Å². The van der Waals surface area contributed by atoms with Crippen molar-refractivity contribution in [1.29, 1.82) is 0 Å². The summed E-state index contributed by atoms with van der Waals surface area (Å²) in [7, 11) is -3.80. The molecule has 0 fully saturated rings. The molecule has 0 unspecified atom stereocenters. The van der Waals surface area contributed by atoms with Crippen LogP contribution in [0.1, 0.15) is 29.5 Å². The van der Waals surface area contributed by atoms with E-state index in [4.69, 9.17) is 14.6 Å². The van der Waals surface area contributed by atoms with Gasteiger partial charge in [-0.2, -0.15) is 13.2 Å². The number of hydrogen-bond donors (Lipinski definition) is 2. The van der Waals surface area contributed by atoms with E-state index >= 15 is 0 Å². The zero-order valence-corrected chi connectivity index (χ0v) is 22.7. The molecule has 1 heterocycles. The molecular weight excluding hydrogens is 561 g/mol. The van der Waals surface area contributed by atoms with E-state index in [-0.39, 0.29) is 36.0 Å². The first-order valence-electron chi connectivity index (χ1n) is 12.8. The van der Waals surface area contributed by atoms with Crippen LogP contribution >= 0.6 is 0 Å². The zero-order chi connectivity index (χ0) is 29.5. The molecule has 0 saturated heterocycles. The molecule has 0 aromatic heterocycles. The Morgan fingerprint density at radius 3 is 2.39 bits per heavy atom. The Morgan fingerprint density at radius 1 is 1.02 bits per heavy atom. The normalized spacial score (nSPS) is 17.0. The van der Waals surface area contributed by atoms with Crippen molar-refractivity contribution in [2.45, 2.75) is 36.0 Å². The summed E-state index contributed by atoms with van der Waals surface area (Å²) < 4.78 is 77.7. The number of amides is 1. The van der Waals surface area contributed by atoms with Crippen molar-refractivity contribution in [2.75, 3.05) is 25.6 Å². The third-order valence-corrected chi connectivity index (χ3v) is 8.24. The first-order valence-corrected chi connectivity index (χ1v) is 14.5. The van der Waals surface area contributed by atoms with Crippen molar-refractivity contribution < 1.29 is 41.0 Å². The smallest absolute Gasteiger partial charge is 0.416 e. The molecule has 1 aliphatic rings. The maximum Gasteiger partial charge on any atom is 0.416 e. The SMILES string of the molecule is O=C(NCc1ccccc1C(F)(F)F)[C@@]1(CCS(=O)(=O)c2ccccc2)COC(c2ccc(OCCCO)cc2)=N1. The number of halogens is 3. The Kier molecular flexibility index (Phi) is 9.34. The third kappa shape index (κ3) is 7.44. The van der Waals surface area contributed by atoms with E-state index in [0.717, 1.165) is 6.07 Å². The van der Waals surface area contributed by atoms with Gasteiger partial charge in [-0.3, -0.25) is 4.79 Å². The monoisotopic (exact) mass is 590 g/mol. The number of sulfone groups is 1. The highest BCUT2D eigenvalue weighted by Gasteiger charge is 2.45. The molecule has 0 radical (unpaired) electrons. The fourth-order valence-corrected chi connectivity index (χ4v) is 5.65. The summed E-state index contributed by atoms with van der Waals surface area (Å²) in [6.45, 7) is -0.417. The van der Waals surface area contributed by atoms with E-state index in [1.54, 1.807) is 42.5 Å². The molecule has 2 N–H and O–H groups in total. The van der Waals surface area contributed by atoms with Gasteiger partial charge in [0.2, 0.25) is 5.90 Å². The van der Waals surface area contributed by atoms with E-state index in [1.165, 1.54) is 30.3 Å². The highest BCUT2D eigenvalue weighted by molar-refractivity contribution is 7.91. The summed E-state index contributed by atoms with van der Waals surface area (Å²) >= 11 is 0. The van der Waals surface area contributed by atoms with Crippen molar-refractivity contribution in [2.24, 2.45) is 4.99 Å². The molecule has 8 nitrogen and oxygen atoms in total. The van der Waals surface area contributed by atoms with E-state index in [9.17, 15) is 26.4 Å². The highest BCUT2D eigenvalue weighted by atomic mass is 32.2. The van der Waals surface area contributed by atoms with E-state index in [1.807, 2.05) is 0 Å². The Labute approximate surface area is 235 Å². The Bertz CT molecular complexity index is 1480. The van der Waals surface area contributed by atoms with Crippen LogP contribution in [0.4, 0.5) is 13.2 Å². The third-order valence-electron chi connectivity index (χ3n) is 6.51. The van der Waals surface area contributed by atoms with Crippen LogP contribution in [0.25, 0.3) is 0 Å². The molecule has 41 heavy (non-hydrogen) atoms. The second kappa shape index (κ2) is 12.7. The average Bonchev–Trinajstić information content (AvgIpc) is 3.41. The molecule has 0 aliphatic carbocycles. The fourth-order valence-electron chi connectivity index (χ4n) is 4.24. The van der Waals surface area contributed by atoms with Gasteiger partial charge in [-0.05, 0) is 54.4 Å². The Hall–Kier alpha value is -3.90. The summed E-state index contributed by atoms with van der Waals surface area (Å²) in [5.41, 5.74) is -2.21. The molecule has 3 aromatic rings. The number of alkyl halides is 3. The lowest BCUT2D eigenvalue weighted by Crippen LogP contribution is -2.47. The van der Waals surface area contributed by atoms with Crippen LogP contribution < -0.4 is 10.1 Å². The van der Waals surface area contributed by atoms with E-state index in [0.29, 0.717) is 24.3 Å². The lowest BCUT2D eigenvalue weighted by atomic mass is 9.97. The van der Waals surface area contributed by atoms with Crippen LogP contribution in [0.3, 0.4) is 0 Å². The number of benzene rings is 3. The van der Waals surface area contributed by atoms with Crippen LogP contribution in [-0.4, -0.2) is 56.4 Å². The lowest BCUT2D eigenvalue weighted by molar-refractivity contribution is -0.138. The molecule has 1 amide bonds. The second-order valence-electron chi connectivity index (χ2n) is 9.41. The van der Waals surface area contributed by atoms with Crippen molar-refractivity contribution >= 4 is 21.6 Å². The van der Waals surface area contributed by atoms with Crippen molar-refractivity contribution in [3.63, 3.8) is 0 Å². The summed E-state index contributed by atoms with van der Waals surface area (Å²) in [5, 5.41) is 11.4. The first-order chi connectivity index (χ1) is 19.5. The molecule has 3 aromatic carbocycles. The number of carbonyl (C=O) groups excluding carboxylic acids is 1. The van der Waals surface area contributed by atoms with Crippen LogP contribution in [0.2, 0.25) is 0 Å². The minimum Gasteiger partial charge on any atom is -0.494 e. The first kappa shape index (κ1) is 30.1. The number of aliphatic imine (C=N–C) groups is 1. The summed E-state index contributed by atoms with van der Waals surface area (Å²) in [6.07, 6.45) is -4.41. The van der Waals surface area contributed by atoms with Crippen molar-refractivity contribution in [1.82, 2.24) is 5.32 Å². The molecule has 0 saturated carbocycles. The molecule has 1 atom stereocenters. The van der Waals surface area contributed by atoms with Crippen LogP contribution in [-0.2, 0) is 32.1 Å². The van der Waals surface area contributed by atoms with Gasteiger partial charge in [0, 0.05) is 25.1 Å². The minimum atomic E-state index is -4.61. The molecule has 0 bridgehead atoms. The molecule has 218 valence electrons. The van der Waals surface area contributed by atoms with Crippen molar-refractivity contribution in [3.8, 4) is 5.75 Å². The standard InChI is InChI=1S/C29H29F3N2O6S/c30-29(31,32)25-10-5-4-7-22(25)19-33-27(36)28(15-18-41(37,38)24-8-2-1-3-9-24)20-40-26(34-28)21-11-13-23(14-12-21)39-17-6-16-35/h1-5,7-14,35H,6,15-20H2,(H,33,36)/t28-/m1/s1. The predicted octanol–water partition coefficient (Wildman–Crippen LogP) is 4.16. The summed E-state index contributed by atoms with van der Waals surface area (Å²) in [5.74, 6) is -0.560. The molecule has 1 aliphatic heterocycles. The topological polar surface area (TPSA) is 114 Å². The maximum atomic E-state index is 13.5.